The highest BCUT2D eigenvalue weighted by Crippen LogP contribution is 2.11. The molecule has 0 aliphatic heterocycles. The van der Waals surface area contributed by atoms with Gasteiger partial charge in [-0.3, -0.25) is 4.98 Å². The lowest BCUT2D eigenvalue weighted by Gasteiger charge is -2.04. The Morgan fingerprint density at radius 2 is 1.85 bits per heavy atom. The molecule has 0 aliphatic rings. The van der Waals surface area contributed by atoms with Crippen LogP contribution in [-0.4, -0.2) is 4.98 Å². The highest BCUT2D eigenvalue weighted by molar-refractivity contribution is 5.13. The number of rotatable bonds is 2. The normalized spacial score (nSPS) is 9.38. The maximum atomic E-state index is 4.49. The molecule has 0 aromatic carbocycles. The van der Waals surface area contributed by atoms with Crippen molar-refractivity contribution >= 4 is 0 Å². The van der Waals surface area contributed by atoms with Crippen LogP contribution in [0.1, 0.15) is 51.9 Å². The van der Waals surface area contributed by atoms with Gasteiger partial charge in [-0.05, 0) is 24.5 Å². The first kappa shape index (κ1) is 12.2. The summed E-state index contributed by atoms with van der Waals surface area (Å²) in [4.78, 5) is 4.49. The second-order valence-electron chi connectivity index (χ2n) is 3.06. The minimum Gasteiger partial charge on any atom is -0.258 e. The van der Waals surface area contributed by atoms with Crippen molar-refractivity contribution in [1.82, 2.24) is 4.98 Å². The Morgan fingerprint density at radius 1 is 1.23 bits per heavy atom. The molecular formula is C12H21N. The number of pyridine rings is 1. The van der Waals surface area contributed by atoms with E-state index < -0.39 is 0 Å². The molecule has 1 heterocycles. The van der Waals surface area contributed by atoms with Crippen LogP contribution in [0.25, 0.3) is 0 Å². The van der Waals surface area contributed by atoms with Crippen molar-refractivity contribution in [3.05, 3.63) is 29.6 Å². The standard InChI is InChI=1S/C10H15N.C2H6/c1-4-9-6-5-7-10(11-9)8(2)3;1-2/h5-8H,4H2,1-3H3;1-2H3. The van der Waals surface area contributed by atoms with E-state index in [9.17, 15) is 0 Å². The highest BCUT2D eigenvalue weighted by atomic mass is 14.7. The van der Waals surface area contributed by atoms with Crippen molar-refractivity contribution in [3.8, 4) is 0 Å². The van der Waals surface area contributed by atoms with E-state index in [0.717, 1.165) is 6.42 Å². The van der Waals surface area contributed by atoms with Crippen LogP contribution in [0, 0.1) is 0 Å². The number of hydrogen-bond acceptors (Lipinski definition) is 1. The first-order valence-electron chi connectivity index (χ1n) is 5.20. The van der Waals surface area contributed by atoms with Crippen LogP contribution in [0.4, 0.5) is 0 Å². The highest BCUT2D eigenvalue weighted by Gasteiger charge is 1.99. The van der Waals surface area contributed by atoms with Crippen molar-refractivity contribution in [2.75, 3.05) is 0 Å². The van der Waals surface area contributed by atoms with Gasteiger partial charge in [0.15, 0.2) is 0 Å². The van der Waals surface area contributed by atoms with Crippen LogP contribution in [0.5, 0.6) is 0 Å². The third-order valence-corrected chi connectivity index (χ3v) is 1.78. The predicted octanol–water partition coefficient (Wildman–Crippen LogP) is 3.79. The summed E-state index contributed by atoms with van der Waals surface area (Å²) in [7, 11) is 0. The average molecular weight is 179 g/mol. The summed E-state index contributed by atoms with van der Waals surface area (Å²) in [6.07, 6.45) is 1.03. The second-order valence-corrected chi connectivity index (χ2v) is 3.06. The Bertz CT molecular complexity index is 228. The maximum Gasteiger partial charge on any atom is 0.0432 e. The van der Waals surface area contributed by atoms with E-state index in [0.29, 0.717) is 5.92 Å². The van der Waals surface area contributed by atoms with Crippen molar-refractivity contribution in [2.24, 2.45) is 0 Å². The summed E-state index contributed by atoms with van der Waals surface area (Å²) in [6.45, 7) is 10.5. The van der Waals surface area contributed by atoms with Crippen LogP contribution in [-0.2, 0) is 6.42 Å². The molecule has 0 saturated carbocycles. The minimum atomic E-state index is 0.543. The molecule has 1 nitrogen and oxygen atoms in total. The van der Waals surface area contributed by atoms with Gasteiger partial charge in [-0.25, -0.2) is 0 Å². The van der Waals surface area contributed by atoms with E-state index in [1.54, 1.807) is 0 Å². The van der Waals surface area contributed by atoms with Crippen LogP contribution in [0.15, 0.2) is 18.2 Å². The molecular weight excluding hydrogens is 158 g/mol. The lowest BCUT2D eigenvalue weighted by Crippen LogP contribution is -1.95. The maximum absolute atomic E-state index is 4.49. The van der Waals surface area contributed by atoms with Gasteiger partial charge in [-0.15, -0.1) is 0 Å². The Labute approximate surface area is 82.2 Å². The van der Waals surface area contributed by atoms with Crippen molar-refractivity contribution in [3.63, 3.8) is 0 Å². The Kier molecular flexibility index (Phi) is 6.21. The molecule has 0 amide bonds. The molecule has 1 heteroatoms. The first-order chi connectivity index (χ1) is 6.24. The molecule has 0 spiro atoms. The quantitative estimate of drug-likeness (QED) is 0.673. The molecule has 0 aliphatic carbocycles. The zero-order valence-electron chi connectivity index (χ0n) is 9.46. The fraction of sp³-hybridized carbons (Fsp3) is 0.583. The molecule has 0 atom stereocenters. The summed E-state index contributed by atoms with van der Waals surface area (Å²) >= 11 is 0. The van der Waals surface area contributed by atoms with Crippen molar-refractivity contribution in [2.45, 2.75) is 47.0 Å². The van der Waals surface area contributed by atoms with Gasteiger partial charge in [0, 0.05) is 11.4 Å². The number of nitrogens with zero attached hydrogens (tertiary/aromatic N) is 1. The predicted molar refractivity (Wildman–Crippen MR) is 59.1 cm³/mol. The molecule has 1 rings (SSSR count). The van der Waals surface area contributed by atoms with Crippen LogP contribution in [0.3, 0.4) is 0 Å². The summed E-state index contributed by atoms with van der Waals surface area (Å²) in [5.74, 6) is 0.543. The van der Waals surface area contributed by atoms with Crippen molar-refractivity contribution < 1.29 is 0 Å². The number of aryl methyl sites for hydroxylation is 1. The zero-order chi connectivity index (χ0) is 10.3. The molecule has 74 valence electrons. The van der Waals surface area contributed by atoms with Crippen LogP contribution < -0.4 is 0 Å². The summed E-state index contributed by atoms with van der Waals surface area (Å²) in [6, 6.07) is 6.25. The average Bonchev–Trinajstić information content (AvgIpc) is 2.21. The molecule has 1 aromatic heterocycles. The second kappa shape index (κ2) is 6.64. The number of aromatic nitrogens is 1. The van der Waals surface area contributed by atoms with Gasteiger partial charge in [0.05, 0.1) is 0 Å². The fourth-order valence-electron chi connectivity index (χ4n) is 1.02. The van der Waals surface area contributed by atoms with Gasteiger partial charge in [0.25, 0.3) is 0 Å². The lowest BCUT2D eigenvalue weighted by atomic mass is 10.1. The summed E-state index contributed by atoms with van der Waals surface area (Å²) in [5.41, 5.74) is 2.39. The molecule has 13 heavy (non-hydrogen) atoms. The Morgan fingerprint density at radius 3 is 2.31 bits per heavy atom. The van der Waals surface area contributed by atoms with Gasteiger partial charge in [0.2, 0.25) is 0 Å². The topological polar surface area (TPSA) is 12.9 Å². The third-order valence-electron chi connectivity index (χ3n) is 1.78. The molecule has 0 saturated heterocycles. The molecule has 0 N–H and O–H groups in total. The monoisotopic (exact) mass is 179 g/mol. The van der Waals surface area contributed by atoms with E-state index in [-0.39, 0.29) is 0 Å². The van der Waals surface area contributed by atoms with E-state index in [1.165, 1.54) is 11.4 Å². The fourth-order valence-corrected chi connectivity index (χ4v) is 1.02. The Balaban J connectivity index is 0.000000671. The van der Waals surface area contributed by atoms with Gasteiger partial charge in [-0.2, -0.15) is 0 Å². The SMILES string of the molecule is CC.CCc1cccc(C(C)C)n1. The van der Waals surface area contributed by atoms with Crippen LogP contribution in [0.2, 0.25) is 0 Å². The third kappa shape index (κ3) is 4.07. The lowest BCUT2D eigenvalue weighted by molar-refractivity contribution is 0.807. The van der Waals surface area contributed by atoms with Crippen molar-refractivity contribution in [1.29, 1.82) is 0 Å². The summed E-state index contributed by atoms with van der Waals surface area (Å²) < 4.78 is 0. The molecule has 1 aromatic rings. The minimum absolute atomic E-state index is 0.543. The molecule has 0 radical (unpaired) electrons. The smallest absolute Gasteiger partial charge is 0.0432 e. The molecule has 0 bridgehead atoms. The van der Waals surface area contributed by atoms with E-state index >= 15 is 0 Å². The molecule has 0 fully saturated rings. The first-order valence-corrected chi connectivity index (χ1v) is 5.20. The van der Waals surface area contributed by atoms with E-state index in [2.05, 4.69) is 44.0 Å². The summed E-state index contributed by atoms with van der Waals surface area (Å²) in [5, 5.41) is 0. The van der Waals surface area contributed by atoms with Crippen LogP contribution >= 0.6 is 0 Å². The zero-order valence-corrected chi connectivity index (χ0v) is 9.46. The van der Waals surface area contributed by atoms with Gasteiger partial charge >= 0.3 is 0 Å². The van der Waals surface area contributed by atoms with Gasteiger partial charge in [-0.1, -0.05) is 40.7 Å². The Hall–Kier alpha value is -0.850. The van der Waals surface area contributed by atoms with Gasteiger partial charge < -0.3 is 0 Å². The molecule has 0 unspecified atom stereocenters. The number of hydrogen-bond donors (Lipinski definition) is 0. The van der Waals surface area contributed by atoms with E-state index in [4.69, 9.17) is 0 Å². The van der Waals surface area contributed by atoms with Gasteiger partial charge in [0.1, 0.15) is 0 Å². The van der Waals surface area contributed by atoms with E-state index in [1.807, 2.05) is 13.8 Å². The largest absolute Gasteiger partial charge is 0.258 e.